The molecule has 0 spiro atoms. The van der Waals surface area contributed by atoms with Crippen molar-refractivity contribution in [3.8, 4) is 0 Å². The Morgan fingerprint density at radius 3 is 2.21 bits per heavy atom. The lowest BCUT2D eigenvalue weighted by Gasteiger charge is -2.43. The average molecular weight is 520 g/mol. The number of aliphatic carboxylic acids is 3. The van der Waals surface area contributed by atoms with Crippen LogP contribution in [0, 0.1) is 5.92 Å². The van der Waals surface area contributed by atoms with Crippen LogP contribution in [0.4, 0.5) is 0 Å². The first-order valence-corrected chi connectivity index (χ1v) is 11.8. The lowest BCUT2D eigenvalue weighted by atomic mass is 9.76. The van der Waals surface area contributed by atoms with Crippen LogP contribution in [0.2, 0.25) is 10.0 Å². The first-order valence-electron chi connectivity index (χ1n) is 11.0. The van der Waals surface area contributed by atoms with Crippen LogP contribution in [0.3, 0.4) is 0 Å². The molecule has 0 aliphatic carbocycles. The number of fused-ring (bicyclic) bond motifs is 2. The van der Waals surface area contributed by atoms with Crippen molar-refractivity contribution in [3.05, 3.63) is 33.8 Å². The summed E-state index contributed by atoms with van der Waals surface area (Å²) in [7, 11) is 2.27. The number of ether oxygens (including phenoxy) is 1. The van der Waals surface area contributed by atoms with Gasteiger partial charge in [-0.15, -0.1) is 0 Å². The van der Waals surface area contributed by atoms with E-state index < -0.39 is 36.4 Å². The summed E-state index contributed by atoms with van der Waals surface area (Å²) in [4.78, 5) is 33.1. The highest BCUT2D eigenvalue weighted by molar-refractivity contribution is 6.42. The molecular formula is C23H31Cl2NO8. The summed E-state index contributed by atoms with van der Waals surface area (Å²) in [6, 6.07) is 7.46. The molecule has 11 heteroatoms. The minimum Gasteiger partial charge on any atom is -0.481 e. The number of piperidine rings is 1. The Balaban J connectivity index is 0.000000273. The summed E-state index contributed by atoms with van der Waals surface area (Å²) >= 11 is 12.3. The number of hydrogen-bond donors (Lipinski definition) is 4. The van der Waals surface area contributed by atoms with E-state index in [1.54, 1.807) is 0 Å². The molecule has 4 N–H and O–H groups in total. The molecular weight excluding hydrogens is 489 g/mol. The first-order chi connectivity index (χ1) is 15.9. The Morgan fingerprint density at radius 1 is 1.09 bits per heavy atom. The maximum atomic E-state index is 10.3. The second-order valence-corrected chi connectivity index (χ2v) is 9.60. The number of rotatable bonds is 9. The van der Waals surface area contributed by atoms with Crippen LogP contribution < -0.4 is 0 Å². The number of aliphatic hydroxyl groups is 1. The van der Waals surface area contributed by atoms with E-state index in [-0.39, 0.29) is 0 Å². The number of nitrogens with zero attached hydrogens (tertiary/aromatic N) is 1. The highest BCUT2D eigenvalue weighted by Gasteiger charge is 2.46. The van der Waals surface area contributed by atoms with Crippen LogP contribution in [-0.2, 0) is 19.1 Å². The average Bonchev–Trinajstić information content (AvgIpc) is 2.97. The standard InChI is InChI=1S/C17H23Cl2NO.C6H8O7/c1-3-21-10-14-13(9-12-5-7-17(14)20(12)2)11-4-6-15(18)16(19)8-11;7-3(8)1-6(13,5(11)12)2-4(9)10/h4,6,8,12-14,17H,3,5,7,9-10H2,1-2H3;13H,1-2H2,(H,7,8)(H,9,10)(H,11,12)/t12-,13+,14+,17+;/m1./s1. The molecule has 190 valence electrons. The highest BCUT2D eigenvalue weighted by atomic mass is 35.5. The molecule has 2 aliphatic heterocycles. The topological polar surface area (TPSA) is 145 Å². The molecule has 3 rings (SSSR count). The zero-order valence-corrected chi connectivity index (χ0v) is 20.6. The normalized spacial score (nSPS) is 24.3. The van der Waals surface area contributed by atoms with E-state index in [1.165, 1.54) is 24.8 Å². The summed E-state index contributed by atoms with van der Waals surface area (Å²) in [5.41, 5.74) is -1.42. The largest absolute Gasteiger partial charge is 0.481 e. The number of benzene rings is 1. The molecule has 2 bridgehead atoms. The van der Waals surface area contributed by atoms with Crippen LogP contribution >= 0.6 is 23.2 Å². The van der Waals surface area contributed by atoms with Crippen molar-refractivity contribution < 1.29 is 39.5 Å². The molecule has 34 heavy (non-hydrogen) atoms. The van der Waals surface area contributed by atoms with Crippen molar-refractivity contribution in [2.75, 3.05) is 20.3 Å². The molecule has 2 aliphatic rings. The van der Waals surface area contributed by atoms with Gasteiger partial charge in [-0.3, -0.25) is 9.59 Å². The van der Waals surface area contributed by atoms with Gasteiger partial charge in [-0.25, -0.2) is 4.79 Å². The molecule has 0 amide bonds. The molecule has 4 atom stereocenters. The van der Waals surface area contributed by atoms with Crippen LogP contribution in [0.15, 0.2) is 18.2 Å². The van der Waals surface area contributed by atoms with Crippen molar-refractivity contribution in [2.45, 2.75) is 62.6 Å². The highest BCUT2D eigenvalue weighted by Crippen LogP contribution is 2.46. The molecule has 0 radical (unpaired) electrons. The van der Waals surface area contributed by atoms with E-state index in [1.807, 2.05) is 6.07 Å². The summed E-state index contributed by atoms with van der Waals surface area (Å²) < 4.78 is 5.79. The van der Waals surface area contributed by atoms with Gasteiger partial charge in [0.15, 0.2) is 5.60 Å². The Morgan fingerprint density at radius 2 is 1.71 bits per heavy atom. The van der Waals surface area contributed by atoms with E-state index >= 15 is 0 Å². The maximum absolute atomic E-state index is 10.3. The van der Waals surface area contributed by atoms with Gasteiger partial charge in [-0.05, 0) is 56.8 Å². The zero-order valence-electron chi connectivity index (χ0n) is 19.1. The minimum absolute atomic E-state index is 0.528. The molecule has 1 aromatic carbocycles. The molecule has 2 saturated heterocycles. The Bertz CT molecular complexity index is 880. The second kappa shape index (κ2) is 12.2. The molecule has 1 aromatic rings. The monoisotopic (exact) mass is 519 g/mol. The fourth-order valence-corrected chi connectivity index (χ4v) is 5.21. The van der Waals surface area contributed by atoms with Gasteiger partial charge in [-0.1, -0.05) is 29.3 Å². The summed E-state index contributed by atoms with van der Waals surface area (Å²) in [5, 5.41) is 35.1. The van der Waals surface area contributed by atoms with Gasteiger partial charge in [0.25, 0.3) is 0 Å². The van der Waals surface area contributed by atoms with Gasteiger partial charge in [0.2, 0.25) is 0 Å². The van der Waals surface area contributed by atoms with Gasteiger partial charge in [0.05, 0.1) is 29.5 Å². The molecule has 0 unspecified atom stereocenters. The lowest BCUT2D eigenvalue weighted by molar-refractivity contribution is -0.170. The number of carbonyl (C=O) groups is 3. The third-order valence-electron chi connectivity index (χ3n) is 6.60. The summed E-state index contributed by atoms with van der Waals surface area (Å²) in [5.74, 6) is -3.94. The predicted molar refractivity (Wildman–Crippen MR) is 125 cm³/mol. The van der Waals surface area contributed by atoms with Crippen LogP contribution in [0.25, 0.3) is 0 Å². The van der Waals surface area contributed by atoms with E-state index in [0.717, 1.165) is 13.2 Å². The molecule has 2 fully saturated rings. The fourth-order valence-electron chi connectivity index (χ4n) is 4.90. The summed E-state index contributed by atoms with van der Waals surface area (Å²) in [6.45, 7) is 3.69. The molecule has 0 aromatic heterocycles. The van der Waals surface area contributed by atoms with Gasteiger partial charge in [-0.2, -0.15) is 0 Å². The smallest absolute Gasteiger partial charge is 0.336 e. The van der Waals surface area contributed by atoms with Gasteiger partial charge in [0.1, 0.15) is 0 Å². The summed E-state index contributed by atoms with van der Waals surface area (Å²) in [6.07, 6.45) is 1.50. The number of carboxylic acid groups (broad SMARTS) is 3. The SMILES string of the molecule is CCOC[C@H]1[C@H](c2ccc(Cl)c(Cl)c2)C[C@H]2CC[C@@H]1N2C.O=C(O)CC(O)(CC(=O)O)C(=O)O. The van der Waals surface area contributed by atoms with E-state index in [9.17, 15) is 14.4 Å². The van der Waals surface area contributed by atoms with Crippen LogP contribution in [0.1, 0.15) is 50.5 Å². The second-order valence-electron chi connectivity index (χ2n) is 8.78. The van der Waals surface area contributed by atoms with Crippen LogP contribution in [-0.4, -0.2) is 81.2 Å². The van der Waals surface area contributed by atoms with Crippen molar-refractivity contribution in [3.63, 3.8) is 0 Å². The van der Waals surface area contributed by atoms with Gasteiger partial charge in [0, 0.05) is 24.6 Å². The molecule has 9 nitrogen and oxygen atoms in total. The third kappa shape index (κ3) is 7.05. The Hall–Kier alpha value is -1.91. The van der Waals surface area contributed by atoms with Gasteiger partial charge >= 0.3 is 17.9 Å². The lowest BCUT2D eigenvalue weighted by Crippen LogP contribution is -2.47. The fraction of sp³-hybridized carbons (Fsp3) is 0.609. The van der Waals surface area contributed by atoms with Gasteiger partial charge < -0.3 is 30.1 Å². The number of hydrogen-bond acceptors (Lipinski definition) is 6. The molecule has 2 heterocycles. The zero-order chi connectivity index (χ0) is 25.6. The third-order valence-corrected chi connectivity index (χ3v) is 7.34. The van der Waals surface area contributed by atoms with Crippen molar-refractivity contribution in [2.24, 2.45) is 5.92 Å². The van der Waals surface area contributed by atoms with Crippen molar-refractivity contribution in [1.82, 2.24) is 4.90 Å². The number of carboxylic acids is 3. The van der Waals surface area contributed by atoms with E-state index in [4.69, 9.17) is 48.4 Å². The van der Waals surface area contributed by atoms with Crippen molar-refractivity contribution >= 4 is 41.1 Å². The Labute approximate surface area is 208 Å². The predicted octanol–water partition coefficient (Wildman–Crippen LogP) is 3.35. The number of halogens is 2. The Kier molecular flexibility index (Phi) is 10.1. The maximum Gasteiger partial charge on any atom is 0.336 e. The first kappa shape index (κ1) is 28.3. The van der Waals surface area contributed by atoms with E-state index in [0.29, 0.717) is 34.0 Å². The van der Waals surface area contributed by atoms with Crippen LogP contribution in [0.5, 0.6) is 0 Å². The minimum atomic E-state index is -2.74. The van der Waals surface area contributed by atoms with E-state index in [2.05, 4.69) is 31.0 Å². The quantitative estimate of drug-likeness (QED) is 0.385. The molecule has 0 saturated carbocycles. The van der Waals surface area contributed by atoms with Crippen molar-refractivity contribution in [1.29, 1.82) is 0 Å².